The predicted octanol–water partition coefficient (Wildman–Crippen LogP) is 6.98. The smallest absolute Gasteiger partial charge is 0.377 e. The van der Waals surface area contributed by atoms with Gasteiger partial charge in [0.25, 0.3) is 0 Å². The second-order valence-corrected chi connectivity index (χ2v) is 10.7. The SMILES string of the molecule is CCCCCCCCCC(C)CCCCCCC[Si](OC)(OC)OC. The monoisotopic (exact) mass is 374 g/mol. The van der Waals surface area contributed by atoms with Gasteiger partial charge in [-0.1, -0.05) is 97.3 Å². The minimum absolute atomic E-state index is 0.908. The summed E-state index contributed by atoms with van der Waals surface area (Å²) in [6.45, 7) is 4.72. The van der Waals surface area contributed by atoms with Crippen LogP contribution in [0.4, 0.5) is 0 Å². The molecule has 0 saturated heterocycles. The van der Waals surface area contributed by atoms with Crippen molar-refractivity contribution in [2.75, 3.05) is 21.3 Å². The molecule has 0 N–H and O–H groups in total. The zero-order chi connectivity index (χ0) is 18.8. The lowest BCUT2D eigenvalue weighted by atomic mass is 9.96. The summed E-state index contributed by atoms with van der Waals surface area (Å²) < 4.78 is 16.4. The van der Waals surface area contributed by atoms with E-state index >= 15 is 0 Å². The molecule has 3 nitrogen and oxygen atoms in total. The molecule has 1 atom stereocenters. The molecule has 152 valence electrons. The Hall–Kier alpha value is 0.0969. The molecule has 1 unspecified atom stereocenters. The average Bonchev–Trinajstić information content (AvgIpc) is 2.64. The highest BCUT2D eigenvalue weighted by atomic mass is 28.4. The normalized spacial score (nSPS) is 13.3. The average molecular weight is 375 g/mol. The van der Waals surface area contributed by atoms with E-state index in [-0.39, 0.29) is 0 Å². The van der Waals surface area contributed by atoms with E-state index in [0.717, 1.165) is 18.4 Å². The summed E-state index contributed by atoms with van der Waals surface area (Å²) in [5, 5.41) is 0. The van der Waals surface area contributed by atoms with Gasteiger partial charge in [0.1, 0.15) is 0 Å². The summed E-state index contributed by atoms with van der Waals surface area (Å²) in [6, 6.07) is 0.936. The summed E-state index contributed by atoms with van der Waals surface area (Å²) in [5.41, 5.74) is 0. The standard InChI is InChI=1S/C21H46O3Si/c1-6-7-8-9-10-12-15-18-21(2)19-16-13-11-14-17-20-25(22-3,23-4)24-5/h21H,6-20H2,1-5H3. The minimum atomic E-state index is -2.33. The zero-order valence-electron chi connectivity index (χ0n) is 17.9. The Morgan fingerprint density at radius 3 is 1.44 bits per heavy atom. The van der Waals surface area contributed by atoms with Gasteiger partial charge in [0.2, 0.25) is 0 Å². The summed E-state index contributed by atoms with van der Waals surface area (Å²) >= 11 is 0. The number of unbranched alkanes of at least 4 members (excludes halogenated alkanes) is 10. The van der Waals surface area contributed by atoms with Crippen LogP contribution in [0.15, 0.2) is 0 Å². The first-order chi connectivity index (χ1) is 12.1. The van der Waals surface area contributed by atoms with Crippen LogP contribution in [0.25, 0.3) is 0 Å². The van der Waals surface area contributed by atoms with Crippen molar-refractivity contribution in [1.29, 1.82) is 0 Å². The molecule has 0 aromatic rings. The van der Waals surface area contributed by atoms with Gasteiger partial charge in [-0.05, 0) is 12.3 Å². The van der Waals surface area contributed by atoms with Crippen LogP contribution >= 0.6 is 0 Å². The summed E-state index contributed by atoms with van der Waals surface area (Å²) in [6.07, 6.45) is 19.3. The molecule has 0 fully saturated rings. The molecular formula is C21H46O3Si. The van der Waals surface area contributed by atoms with Crippen LogP contribution in [-0.2, 0) is 13.3 Å². The Morgan fingerprint density at radius 1 is 0.600 bits per heavy atom. The predicted molar refractivity (Wildman–Crippen MR) is 111 cm³/mol. The lowest BCUT2D eigenvalue weighted by Crippen LogP contribution is -2.42. The summed E-state index contributed by atoms with van der Waals surface area (Å²) in [4.78, 5) is 0. The highest BCUT2D eigenvalue weighted by Gasteiger charge is 2.36. The Bertz CT molecular complexity index is 262. The molecule has 0 saturated carbocycles. The topological polar surface area (TPSA) is 27.7 Å². The van der Waals surface area contributed by atoms with Gasteiger partial charge in [0.05, 0.1) is 0 Å². The molecule has 25 heavy (non-hydrogen) atoms. The molecule has 0 rings (SSSR count). The van der Waals surface area contributed by atoms with E-state index in [4.69, 9.17) is 13.3 Å². The van der Waals surface area contributed by atoms with Gasteiger partial charge in [-0.2, -0.15) is 0 Å². The van der Waals surface area contributed by atoms with E-state index in [1.165, 1.54) is 83.5 Å². The van der Waals surface area contributed by atoms with Gasteiger partial charge < -0.3 is 13.3 Å². The van der Waals surface area contributed by atoms with Gasteiger partial charge in [-0.3, -0.25) is 0 Å². The molecule has 0 spiro atoms. The van der Waals surface area contributed by atoms with Crippen LogP contribution in [-0.4, -0.2) is 30.1 Å². The van der Waals surface area contributed by atoms with E-state index in [2.05, 4.69) is 13.8 Å². The fourth-order valence-electron chi connectivity index (χ4n) is 3.52. The van der Waals surface area contributed by atoms with Crippen LogP contribution in [0.5, 0.6) is 0 Å². The highest BCUT2D eigenvalue weighted by molar-refractivity contribution is 6.60. The van der Waals surface area contributed by atoms with Crippen molar-refractivity contribution in [2.24, 2.45) is 5.92 Å². The van der Waals surface area contributed by atoms with Crippen LogP contribution in [0, 0.1) is 5.92 Å². The van der Waals surface area contributed by atoms with Gasteiger partial charge in [0.15, 0.2) is 0 Å². The Kier molecular flexibility index (Phi) is 17.6. The first kappa shape index (κ1) is 25.1. The van der Waals surface area contributed by atoms with Crippen molar-refractivity contribution in [3.8, 4) is 0 Å². The fourth-order valence-corrected chi connectivity index (χ4v) is 5.31. The third-order valence-electron chi connectivity index (χ3n) is 5.41. The maximum atomic E-state index is 5.46. The van der Waals surface area contributed by atoms with Gasteiger partial charge in [-0.15, -0.1) is 0 Å². The number of hydrogen-bond donors (Lipinski definition) is 0. The molecule has 0 aliphatic rings. The molecule has 0 heterocycles. The lowest BCUT2D eigenvalue weighted by molar-refractivity contribution is 0.122. The third kappa shape index (κ3) is 13.9. The fraction of sp³-hybridized carbons (Fsp3) is 1.00. The second kappa shape index (κ2) is 17.5. The second-order valence-electron chi connectivity index (χ2n) is 7.62. The van der Waals surface area contributed by atoms with Crippen LogP contribution < -0.4 is 0 Å². The maximum Gasteiger partial charge on any atom is 0.500 e. The number of rotatable bonds is 19. The zero-order valence-corrected chi connectivity index (χ0v) is 18.9. The van der Waals surface area contributed by atoms with E-state index in [0.29, 0.717) is 0 Å². The van der Waals surface area contributed by atoms with Crippen LogP contribution in [0.3, 0.4) is 0 Å². The van der Waals surface area contributed by atoms with Crippen molar-refractivity contribution in [3.63, 3.8) is 0 Å². The molecule has 0 radical (unpaired) electrons. The maximum absolute atomic E-state index is 5.46. The van der Waals surface area contributed by atoms with Crippen LogP contribution in [0.1, 0.15) is 104 Å². The Labute approximate surface area is 159 Å². The lowest BCUT2D eigenvalue weighted by Gasteiger charge is -2.24. The van der Waals surface area contributed by atoms with Crippen molar-refractivity contribution in [1.82, 2.24) is 0 Å². The largest absolute Gasteiger partial charge is 0.500 e. The molecule has 0 aromatic carbocycles. The van der Waals surface area contributed by atoms with E-state index < -0.39 is 8.80 Å². The van der Waals surface area contributed by atoms with E-state index in [1.807, 2.05) is 0 Å². The molecule has 0 bridgehead atoms. The van der Waals surface area contributed by atoms with Gasteiger partial charge >= 0.3 is 8.80 Å². The molecule has 0 aromatic heterocycles. The minimum Gasteiger partial charge on any atom is -0.377 e. The first-order valence-corrected chi connectivity index (χ1v) is 12.7. The van der Waals surface area contributed by atoms with Crippen LogP contribution in [0.2, 0.25) is 6.04 Å². The third-order valence-corrected chi connectivity index (χ3v) is 8.25. The molecule has 0 aliphatic carbocycles. The Morgan fingerprint density at radius 2 is 1.00 bits per heavy atom. The van der Waals surface area contributed by atoms with Crippen molar-refractivity contribution >= 4 is 8.80 Å². The molecule has 0 amide bonds. The Balaban J connectivity index is 3.41. The quantitative estimate of drug-likeness (QED) is 0.180. The van der Waals surface area contributed by atoms with Crippen molar-refractivity contribution < 1.29 is 13.3 Å². The molecule has 4 heteroatoms. The molecule has 0 aliphatic heterocycles. The van der Waals surface area contributed by atoms with Gasteiger partial charge in [0, 0.05) is 27.4 Å². The highest BCUT2D eigenvalue weighted by Crippen LogP contribution is 2.20. The van der Waals surface area contributed by atoms with Crippen molar-refractivity contribution in [3.05, 3.63) is 0 Å². The molecular weight excluding hydrogens is 328 g/mol. The summed E-state index contributed by atoms with van der Waals surface area (Å²) in [7, 11) is 2.77. The van der Waals surface area contributed by atoms with Gasteiger partial charge in [-0.25, -0.2) is 0 Å². The number of hydrogen-bond acceptors (Lipinski definition) is 3. The van der Waals surface area contributed by atoms with Crippen molar-refractivity contribution in [2.45, 2.75) is 110 Å². The van der Waals surface area contributed by atoms with E-state index in [1.54, 1.807) is 21.3 Å². The summed E-state index contributed by atoms with van der Waals surface area (Å²) in [5.74, 6) is 0.908. The van der Waals surface area contributed by atoms with E-state index in [9.17, 15) is 0 Å². The first-order valence-electron chi connectivity index (χ1n) is 10.8.